The third-order valence-corrected chi connectivity index (χ3v) is 2.38. The summed E-state index contributed by atoms with van der Waals surface area (Å²) < 4.78 is 6.74. The number of nitrogens with one attached hydrogen (secondary N) is 1. The molecule has 0 saturated heterocycles. The zero-order valence-corrected chi connectivity index (χ0v) is 10.2. The van der Waals surface area contributed by atoms with Gasteiger partial charge in [-0.05, 0) is 20.8 Å². The molecular weight excluding hydrogens is 206 g/mol. The summed E-state index contributed by atoms with van der Waals surface area (Å²) in [5.41, 5.74) is -0.0965. The Morgan fingerprint density at radius 1 is 1.50 bits per heavy atom. The molecule has 0 fully saturated rings. The molecule has 0 saturated carbocycles. The van der Waals surface area contributed by atoms with E-state index in [4.69, 9.17) is 4.74 Å². The van der Waals surface area contributed by atoms with E-state index in [9.17, 15) is 4.79 Å². The van der Waals surface area contributed by atoms with Crippen LogP contribution in [-0.2, 0) is 4.74 Å². The predicted molar refractivity (Wildman–Crippen MR) is 63.8 cm³/mol. The Morgan fingerprint density at radius 3 is 2.75 bits per heavy atom. The highest BCUT2D eigenvalue weighted by atomic mass is 16.5. The van der Waals surface area contributed by atoms with Gasteiger partial charge in [0.25, 0.3) is 5.56 Å². The first-order chi connectivity index (χ1) is 7.56. The molecule has 5 nitrogen and oxygen atoms in total. The molecule has 0 aliphatic heterocycles. The fourth-order valence-corrected chi connectivity index (χ4v) is 1.28. The first-order valence-electron chi connectivity index (χ1n) is 5.40. The normalized spacial score (nSPS) is 12.8. The number of methoxy groups -OCH3 is 1. The molecule has 1 aromatic heterocycles. The number of rotatable bonds is 5. The van der Waals surface area contributed by atoms with Gasteiger partial charge in [0.15, 0.2) is 5.82 Å². The number of anilines is 1. The lowest BCUT2D eigenvalue weighted by Gasteiger charge is -2.13. The van der Waals surface area contributed by atoms with Crippen molar-refractivity contribution in [1.82, 2.24) is 9.55 Å². The zero-order chi connectivity index (χ0) is 12.1. The fraction of sp³-hybridized carbons (Fsp3) is 0.636. The van der Waals surface area contributed by atoms with Crippen LogP contribution in [0, 0.1) is 0 Å². The second-order valence-electron chi connectivity index (χ2n) is 4.01. The smallest absolute Gasteiger partial charge is 0.293 e. The lowest BCUT2D eigenvalue weighted by atomic mass is 10.3. The topological polar surface area (TPSA) is 56.1 Å². The first kappa shape index (κ1) is 12.7. The van der Waals surface area contributed by atoms with Gasteiger partial charge in [0.05, 0.1) is 6.10 Å². The van der Waals surface area contributed by atoms with E-state index < -0.39 is 0 Å². The quantitative estimate of drug-likeness (QED) is 0.820. The number of nitrogens with zero attached hydrogens (tertiary/aromatic N) is 2. The van der Waals surface area contributed by atoms with E-state index in [1.165, 1.54) is 0 Å². The van der Waals surface area contributed by atoms with Gasteiger partial charge in [-0.25, -0.2) is 4.98 Å². The molecule has 5 heteroatoms. The molecule has 0 aliphatic carbocycles. The summed E-state index contributed by atoms with van der Waals surface area (Å²) in [6.45, 7) is 6.42. The SMILES string of the molecule is COC(C)CNc1nccn(C(C)C)c1=O. The van der Waals surface area contributed by atoms with Crippen molar-refractivity contribution in [2.45, 2.75) is 32.9 Å². The van der Waals surface area contributed by atoms with Crippen molar-refractivity contribution in [3.8, 4) is 0 Å². The van der Waals surface area contributed by atoms with Crippen molar-refractivity contribution in [2.75, 3.05) is 19.0 Å². The summed E-state index contributed by atoms with van der Waals surface area (Å²) in [6, 6.07) is 0.135. The average Bonchev–Trinajstić information content (AvgIpc) is 2.26. The summed E-state index contributed by atoms with van der Waals surface area (Å²) in [5.74, 6) is 0.375. The molecule has 0 aromatic carbocycles. The van der Waals surface area contributed by atoms with E-state index in [0.717, 1.165) is 0 Å². The van der Waals surface area contributed by atoms with Crippen LogP contribution in [0.15, 0.2) is 17.2 Å². The Balaban J connectivity index is 2.82. The largest absolute Gasteiger partial charge is 0.380 e. The van der Waals surface area contributed by atoms with Crippen molar-refractivity contribution in [2.24, 2.45) is 0 Å². The molecule has 1 aromatic rings. The molecule has 0 amide bonds. The molecule has 1 atom stereocenters. The van der Waals surface area contributed by atoms with Gasteiger partial charge < -0.3 is 14.6 Å². The number of hydrogen-bond donors (Lipinski definition) is 1. The maximum atomic E-state index is 11.9. The molecular formula is C11H19N3O2. The van der Waals surface area contributed by atoms with Crippen LogP contribution in [0.5, 0.6) is 0 Å². The van der Waals surface area contributed by atoms with Crippen LogP contribution in [0.4, 0.5) is 5.82 Å². The Labute approximate surface area is 95.5 Å². The Bertz CT molecular complexity index is 387. The van der Waals surface area contributed by atoms with Gasteiger partial charge in [0, 0.05) is 32.1 Å². The third kappa shape index (κ3) is 3.06. The molecule has 1 N–H and O–H groups in total. The van der Waals surface area contributed by atoms with Gasteiger partial charge in [-0.15, -0.1) is 0 Å². The van der Waals surface area contributed by atoms with Crippen LogP contribution in [0.1, 0.15) is 26.8 Å². The Kier molecular flexibility index (Phi) is 4.49. The van der Waals surface area contributed by atoms with Crippen molar-refractivity contribution in [1.29, 1.82) is 0 Å². The second-order valence-corrected chi connectivity index (χ2v) is 4.01. The standard InChI is InChI=1S/C11H19N3O2/c1-8(2)14-6-5-12-10(11(14)15)13-7-9(3)16-4/h5-6,8-9H,7H2,1-4H3,(H,12,13). The highest BCUT2D eigenvalue weighted by molar-refractivity contribution is 5.30. The highest BCUT2D eigenvalue weighted by Gasteiger charge is 2.07. The average molecular weight is 225 g/mol. The van der Waals surface area contributed by atoms with Gasteiger partial charge in [-0.3, -0.25) is 4.79 Å². The maximum absolute atomic E-state index is 11.9. The van der Waals surface area contributed by atoms with E-state index in [1.807, 2.05) is 20.8 Å². The lowest BCUT2D eigenvalue weighted by molar-refractivity contribution is 0.128. The van der Waals surface area contributed by atoms with Crippen molar-refractivity contribution < 1.29 is 4.74 Å². The number of aromatic nitrogens is 2. The summed E-state index contributed by atoms with van der Waals surface area (Å²) in [4.78, 5) is 15.9. The van der Waals surface area contributed by atoms with Gasteiger partial charge in [-0.1, -0.05) is 0 Å². The minimum Gasteiger partial charge on any atom is -0.380 e. The van der Waals surface area contributed by atoms with Crippen LogP contribution in [-0.4, -0.2) is 29.3 Å². The van der Waals surface area contributed by atoms with Crippen molar-refractivity contribution in [3.05, 3.63) is 22.7 Å². The van der Waals surface area contributed by atoms with Crippen LogP contribution in [0.3, 0.4) is 0 Å². The Hall–Kier alpha value is -1.36. The molecule has 1 unspecified atom stereocenters. The van der Waals surface area contributed by atoms with E-state index in [0.29, 0.717) is 12.4 Å². The molecule has 90 valence electrons. The van der Waals surface area contributed by atoms with Crippen molar-refractivity contribution >= 4 is 5.82 Å². The first-order valence-corrected chi connectivity index (χ1v) is 5.40. The summed E-state index contributed by atoms with van der Waals surface area (Å²) >= 11 is 0. The van der Waals surface area contributed by atoms with Crippen LogP contribution >= 0.6 is 0 Å². The predicted octanol–water partition coefficient (Wildman–Crippen LogP) is 1.27. The molecule has 0 radical (unpaired) electrons. The van der Waals surface area contributed by atoms with Gasteiger partial charge in [-0.2, -0.15) is 0 Å². The van der Waals surface area contributed by atoms with E-state index >= 15 is 0 Å². The molecule has 0 bridgehead atoms. The minimum absolute atomic E-state index is 0.0499. The summed E-state index contributed by atoms with van der Waals surface area (Å²) in [5, 5.41) is 2.99. The lowest BCUT2D eigenvalue weighted by Crippen LogP contribution is -2.28. The Morgan fingerprint density at radius 2 is 2.19 bits per heavy atom. The van der Waals surface area contributed by atoms with E-state index in [-0.39, 0.29) is 17.7 Å². The van der Waals surface area contributed by atoms with Crippen LogP contribution in [0.2, 0.25) is 0 Å². The summed E-state index contributed by atoms with van der Waals surface area (Å²) in [6.07, 6.45) is 3.37. The molecule has 0 spiro atoms. The van der Waals surface area contributed by atoms with Crippen molar-refractivity contribution in [3.63, 3.8) is 0 Å². The van der Waals surface area contributed by atoms with Gasteiger partial charge >= 0.3 is 0 Å². The zero-order valence-electron chi connectivity index (χ0n) is 10.2. The van der Waals surface area contributed by atoms with E-state index in [1.54, 1.807) is 24.1 Å². The monoisotopic (exact) mass is 225 g/mol. The fourth-order valence-electron chi connectivity index (χ4n) is 1.28. The molecule has 1 heterocycles. The highest BCUT2D eigenvalue weighted by Crippen LogP contribution is 2.01. The molecule has 16 heavy (non-hydrogen) atoms. The number of ether oxygens (including phenoxy) is 1. The second kappa shape index (κ2) is 5.65. The molecule has 1 rings (SSSR count). The summed E-state index contributed by atoms with van der Waals surface area (Å²) in [7, 11) is 1.64. The molecule has 0 aliphatic rings. The third-order valence-electron chi connectivity index (χ3n) is 2.38. The van der Waals surface area contributed by atoms with E-state index in [2.05, 4.69) is 10.3 Å². The van der Waals surface area contributed by atoms with Gasteiger partial charge in [0.1, 0.15) is 0 Å². The maximum Gasteiger partial charge on any atom is 0.293 e. The van der Waals surface area contributed by atoms with Crippen LogP contribution in [0.25, 0.3) is 0 Å². The minimum atomic E-state index is -0.0965. The van der Waals surface area contributed by atoms with Gasteiger partial charge in [0.2, 0.25) is 0 Å². The number of hydrogen-bond acceptors (Lipinski definition) is 4. The van der Waals surface area contributed by atoms with Crippen LogP contribution < -0.4 is 10.9 Å².